The molecule has 3 heteroatoms. The van der Waals surface area contributed by atoms with E-state index < -0.39 is 0 Å². The SMILES string of the molecule is OCC1(CNC2CCCC(C3CC3)C2)COC1. The fourth-order valence-electron chi connectivity index (χ4n) is 3.41. The molecule has 3 aliphatic rings. The summed E-state index contributed by atoms with van der Waals surface area (Å²) in [5.74, 6) is 2.04. The Morgan fingerprint density at radius 2 is 1.94 bits per heavy atom. The fourth-order valence-corrected chi connectivity index (χ4v) is 3.41. The van der Waals surface area contributed by atoms with Gasteiger partial charge in [0.25, 0.3) is 0 Å². The number of hydrogen-bond acceptors (Lipinski definition) is 3. The maximum Gasteiger partial charge on any atom is 0.0579 e. The monoisotopic (exact) mass is 239 g/mol. The molecule has 0 amide bonds. The van der Waals surface area contributed by atoms with E-state index >= 15 is 0 Å². The Morgan fingerprint density at radius 1 is 1.12 bits per heavy atom. The second kappa shape index (κ2) is 4.87. The number of aliphatic hydroxyl groups is 1. The molecular weight excluding hydrogens is 214 g/mol. The van der Waals surface area contributed by atoms with Crippen LogP contribution in [0, 0.1) is 17.3 Å². The average molecular weight is 239 g/mol. The van der Waals surface area contributed by atoms with Crippen molar-refractivity contribution in [3.8, 4) is 0 Å². The molecule has 0 spiro atoms. The van der Waals surface area contributed by atoms with Crippen LogP contribution in [0.3, 0.4) is 0 Å². The van der Waals surface area contributed by atoms with Gasteiger partial charge in [0.05, 0.1) is 25.2 Å². The van der Waals surface area contributed by atoms with Crippen LogP contribution < -0.4 is 5.32 Å². The van der Waals surface area contributed by atoms with E-state index in [2.05, 4.69) is 5.32 Å². The zero-order chi connectivity index (χ0) is 11.7. The topological polar surface area (TPSA) is 41.5 Å². The van der Waals surface area contributed by atoms with Gasteiger partial charge >= 0.3 is 0 Å². The maximum atomic E-state index is 9.40. The molecule has 0 aromatic heterocycles. The van der Waals surface area contributed by atoms with E-state index in [4.69, 9.17) is 4.74 Å². The summed E-state index contributed by atoms with van der Waals surface area (Å²) in [5, 5.41) is 13.1. The minimum Gasteiger partial charge on any atom is -0.396 e. The Kier molecular flexibility index (Phi) is 3.42. The van der Waals surface area contributed by atoms with Gasteiger partial charge in [-0.25, -0.2) is 0 Å². The van der Waals surface area contributed by atoms with Crippen molar-refractivity contribution in [1.82, 2.24) is 5.32 Å². The van der Waals surface area contributed by atoms with E-state index in [1.807, 2.05) is 0 Å². The van der Waals surface area contributed by atoms with E-state index in [1.54, 1.807) is 0 Å². The molecule has 0 aromatic rings. The Balaban J connectivity index is 1.44. The molecule has 2 atom stereocenters. The molecule has 1 aliphatic heterocycles. The van der Waals surface area contributed by atoms with Crippen molar-refractivity contribution in [1.29, 1.82) is 0 Å². The molecule has 0 radical (unpaired) electrons. The zero-order valence-electron chi connectivity index (χ0n) is 10.7. The highest BCUT2D eigenvalue weighted by Gasteiger charge is 2.39. The number of nitrogens with one attached hydrogen (secondary N) is 1. The number of ether oxygens (including phenoxy) is 1. The number of hydrogen-bond donors (Lipinski definition) is 2. The molecule has 3 rings (SSSR count). The van der Waals surface area contributed by atoms with Gasteiger partial charge in [-0.15, -0.1) is 0 Å². The summed E-state index contributed by atoms with van der Waals surface area (Å²) >= 11 is 0. The Bertz CT molecular complexity index is 255. The zero-order valence-corrected chi connectivity index (χ0v) is 10.7. The molecular formula is C14H25NO2. The normalized spacial score (nSPS) is 36.5. The van der Waals surface area contributed by atoms with Gasteiger partial charge in [-0.05, 0) is 37.5 Å². The molecule has 2 aliphatic carbocycles. The Morgan fingerprint density at radius 3 is 2.53 bits per heavy atom. The van der Waals surface area contributed by atoms with Crippen molar-refractivity contribution in [2.24, 2.45) is 17.3 Å². The van der Waals surface area contributed by atoms with Gasteiger partial charge in [0.15, 0.2) is 0 Å². The molecule has 1 saturated heterocycles. The standard InChI is InChI=1S/C14H25NO2/c16-8-14(9-17-10-14)7-15-13-3-1-2-12(6-13)11-4-5-11/h11-13,15-16H,1-10H2. The lowest BCUT2D eigenvalue weighted by Crippen LogP contribution is -2.54. The van der Waals surface area contributed by atoms with Crippen molar-refractivity contribution in [3.63, 3.8) is 0 Å². The van der Waals surface area contributed by atoms with Crippen LogP contribution >= 0.6 is 0 Å². The summed E-state index contributed by atoms with van der Waals surface area (Å²) in [5.41, 5.74) is 0.0343. The molecule has 2 N–H and O–H groups in total. The van der Waals surface area contributed by atoms with Crippen molar-refractivity contribution in [2.75, 3.05) is 26.4 Å². The molecule has 2 unspecified atom stereocenters. The van der Waals surface area contributed by atoms with Gasteiger partial charge in [-0.2, -0.15) is 0 Å². The predicted molar refractivity (Wildman–Crippen MR) is 66.8 cm³/mol. The highest BCUT2D eigenvalue weighted by Crippen LogP contribution is 2.44. The van der Waals surface area contributed by atoms with E-state index in [0.717, 1.165) is 31.6 Å². The van der Waals surface area contributed by atoms with Crippen LogP contribution in [0.15, 0.2) is 0 Å². The van der Waals surface area contributed by atoms with Crippen LogP contribution in [-0.4, -0.2) is 37.5 Å². The van der Waals surface area contributed by atoms with Crippen molar-refractivity contribution >= 4 is 0 Å². The van der Waals surface area contributed by atoms with Crippen molar-refractivity contribution < 1.29 is 9.84 Å². The third kappa shape index (κ3) is 2.67. The molecule has 0 bridgehead atoms. The molecule has 3 nitrogen and oxygen atoms in total. The Labute approximate surface area is 104 Å². The first-order valence-corrected chi connectivity index (χ1v) is 7.23. The van der Waals surface area contributed by atoms with Crippen molar-refractivity contribution in [3.05, 3.63) is 0 Å². The first kappa shape index (κ1) is 11.9. The van der Waals surface area contributed by atoms with Crippen LogP contribution in [-0.2, 0) is 4.74 Å². The first-order chi connectivity index (χ1) is 8.31. The van der Waals surface area contributed by atoms with Crippen LogP contribution in [0.4, 0.5) is 0 Å². The highest BCUT2D eigenvalue weighted by atomic mass is 16.5. The summed E-state index contributed by atoms with van der Waals surface area (Å²) in [6.07, 6.45) is 8.49. The van der Waals surface area contributed by atoms with E-state index in [9.17, 15) is 5.11 Å². The second-order valence-electron chi connectivity index (χ2n) is 6.49. The third-order valence-electron chi connectivity index (χ3n) is 4.92. The van der Waals surface area contributed by atoms with E-state index in [-0.39, 0.29) is 12.0 Å². The molecule has 0 aromatic carbocycles. The van der Waals surface area contributed by atoms with E-state index in [1.165, 1.54) is 38.5 Å². The van der Waals surface area contributed by atoms with Crippen LogP contribution in [0.2, 0.25) is 0 Å². The first-order valence-electron chi connectivity index (χ1n) is 7.23. The molecule has 17 heavy (non-hydrogen) atoms. The minimum absolute atomic E-state index is 0.0343. The molecule has 3 fully saturated rings. The second-order valence-corrected chi connectivity index (χ2v) is 6.49. The van der Waals surface area contributed by atoms with Gasteiger partial charge < -0.3 is 15.2 Å². The van der Waals surface area contributed by atoms with Crippen LogP contribution in [0.5, 0.6) is 0 Å². The molecule has 98 valence electrons. The highest BCUT2D eigenvalue weighted by molar-refractivity contribution is 4.91. The number of rotatable bonds is 5. The quantitative estimate of drug-likeness (QED) is 0.765. The summed E-state index contributed by atoms with van der Waals surface area (Å²) < 4.78 is 5.24. The van der Waals surface area contributed by atoms with Gasteiger partial charge in [0.2, 0.25) is 0 Å². The summed E-state index contributed by atoms with van der Waals surface area (Å²) in [7, 11) is 0. The number of aliphatic hydroxyl groups excluding tert-OH is 1. The van der Waals surface area contributed by atoms with Gasteiger partial charge in [0.1, 0.15) is 0 Å². The summed E-state index contributed by atoms with van der Waals surface area (Å²) in [4.78, 5) is 0. The lowest BCUT2D eigenvalue weighted by atomic mass is 9.81. The van der Waals surface area contributed by atoms with Gasteiger partial charge in [0, 0.05) is 12.6 Å². The van der Waals surface area contributed by atoms with Gasteiger partial charge in [-0.3, -0.25) is 0 Å². The molecule has 1 heterocycles. The Hall–Kier alpha value is -0.120. The fraction of sp³-hybridized carbons (Fsp3) is 1.00. The maximum absolute atomic E-state index is 9.40. The summed E-state index contributed by atoms with van der Waals surface area (Å²) in [6.45, 7) is 2.66. The van der Waals surface area contributed by atoms with Crippen molar-refractivity contribution in [2.45, 2.75) is 44.6 Å². The molecule has 2 saturated carbocycles. The van der Waals surface area contributed by atoms with Crippen LogP contribution in [0.25, 0.3) is 0 Å². The van der Waals surface area contributed by atoms with Crippen LogP contribution in [0.1, 0.15) is 38.5 Å². The summed E-state index contributed by atoms with van der Waals surface area (Å²) in [6, 6.07) is 0.693. The predicted octanol–water partition coefficient (Wildman–Crippen LogP) is 1.55. The van der Waals surface area contributed by atoms with Gasteiger partial charge in [-0.1, -0.05) is 12.8 Å². The average Bonchev–Trinajstić information content (AvgIpc) is 3.12. The van der Waals surface area contributed by atoms with E-state index in [0.29, 0.717) is 6.04 Å². The lowest BCUT2D eigenvalue weighted by Gasteiger charge is -2.42. The minimum atomic E-state index is 0.0343. The smallest absolute Gasteiger partial charge is 0.0579 e. The lowest BCUT2D eigenvalue weighted by molar-refractivity contribution is -0.135. The largest absolute Gasteiger partial charge is 0.396 e. The third-order valence-corrected chi connectivity index (χ3v) is 4.92.